The third kappa shape index (κ3) is 8.19. The summed E-state index contributed by atoms with van der Waals surface area (Å²) in [5.74, 6) is 0. The molecular weight excluding hydrogens is 512 g/mol. The van der Waals surface area contributed by atoms with Crippen molar-refractivity contribution < 1.29 is 9.13 Å². The fourth-order valence-corrected chi connectivity index (χ4v) is 5.39. The molecule has 2 heterocycles. The number of aryl methyl sites for hydroxylation is 2. The van der Waals surface area contributed by atoms with Crippen LogP contribution in [0.15, 0.2) is 110 Å². The summed E-state index contributed by atoms with van der Waals surface area (Å²) in [5.41, 5.74) is 5.09. The maximum absolute atomic E-state index is 2.40. The van der Waals surface area contributed by atoms with Gasteiger partial charge in [0.15, 0.2) is 12.4 Å². The molecule has 0 amide bonds. The molecule has 0 N–H and O–H groups in total. The zero-order valence-corrected chi connectivity index (χ0v) is 26.0. The minimum atomic E-state index is 1.00. The van der Waals surface area contributed by atoms with E-state index in [1.165, 1.54) is 32.9 Å². The van der Waals surface area contributed by atoms with Gasteiger partial charge in [0.1, 0.15) is 13.1 Å². The van der Waals surface area contributed by atoms with E-state index in [9.17, 15) is 0 Å². The average molecular weight is 561 g/mol. The van der Waals surface area contributed by atoms with Crippen molar-refractivity contribution in [2.24, 2.45) is 0 Å². The molecule has 0 spiro atoms. The van der Waals surface area contributed by atoms with E-state index < -0.39 is 0 Å². The van der Waals surface area contributed by atoms with E-state index in [2.05, 4.69) is 169 Å². The van der Waals surface area contributed by atoms with Crippen LogP contribution in [0.5, 0.6) is 0 Å². The molecule has 42 heavy (non-hydrogen) atoms. The summed E-state index contributed by atoms with van der Waals surface area (Å²) in [6.45, 7) is 14.9. The second kappa shape index (κ2) is 16.3. The van der Waals surface area contributed by atoms with Gasteiger partial charge in [0, 0.05) is 63.3 Å². The highest BCUT2D eigenvalue weighted by Gasteiger charge is 2.13. The first-order valence-electron chi connectivity index (χ1n) is 15.7. The third-order valence-corrected chi connectivity index (χ3v) is 7.96. The van der Waals surface area contributed by atoms with Crippen molar-refractivity contribution in [3.05, 3.63) is 121 Å². The van der Waals surface area contributed by atoms with Gasteiger partial charge < -0.3 is 9.80 Å². The first kappa shape index (κ1) is 30.8. The number of fused-ring (bicyclic) bond motifs is 2. The molecule has 0 saturated carbocycles. The van der Waals surface area contributed by atoms with Crippen LogP contribution in [0.3, 0.4) is 0 Å². The highest BCUT2D eigenvalue weighted by Crippen LogP contribution is 2.18. The van der Waals surface area contributed by atoms with Gasteiger partial charge in [0.2, 0.25) is 11.0 Å². The fraction of sp³-hybridized carbons (Fsp3) is 0.316. The summed E-state index contributed by atoms with van der Waals surface area (Å²) < 4.78 is 4.81. The quantitative estimate of drug-likeness (QED) is 0.0837. The number of benzene rings is 2. The number of pyridine rings is 2. The number of aromatic nitrogens is 2. The van der Waals surface area contributed by atoms with E-state index in [1.807, 2.05) is 0 Å². The van der Waals surface area contributed by atoms with Crippen molar-refractivity contribution in [1.29, 1.82) is 0 Å². The minimum absolute atomic E-state index is 1.00. The van der Waals surface area contributed by atoms with Crippen LogP contribution in [0.25, 0.3) is 34.0 Å². The van der Waals surface area contributed by atoms with Gasteiger partial charge >= 0.3 is 0 Å². The van der Waals surface area contributed by atoms with Gasteiger partial charge in [0.25, 0.3) is 0 Å². The normalized spacial score (nSPS) is 12.2. The van der Waals surface area contributed by atoms with Crippen LogP contribution in [0.2, 0.25) is 0 Å². The van der Waals surface area contributed by atoms with E-state index in [0.717, 1.165) is 52.1 Å². The van der Waals surface area contributed by atoms with Crippen molar-refractivity contribution in [1.82, 2.24) is 9.80 Å². The lowest BCUT2D eigenvalue weighted by atomic mass is 10.1. The van der Waals surface area contributed by atoms with Gasteiger partial charge in [-0.25, -0.2) is 0 Å². The third-order valence-electron chi connectivity index (χ3n) is 7.96. The average Bonchev–Trinajstić information content (AvgIpc) is 3.04. The van der Waals surface area contributed by atoms with Crippen LogP contribution in [0.1, 0.15) is 51.7 Å². The Morgan fingerprint density at radius 3 is 1.33 bits per heavy atom. The highest BCUT2D eigenvalue weighted by molar-refractivity contribution is 5.86. The van der Waals surface area contributed by atoms with Crippen molar-refractivity contribution in [3.8, 4) is 0 Å². The Labute approximate surface area is 253 Å². The smallest absolute Gasteiger partial charge is 0.213 e. The van der Waals surface area contributed by atoms with Crippen molar-refractivity contribution in [2.45, 2.75) is 53.6 Å². The predicted molar refractivity (Wildman–Crippen MR) is 180 cm³/mol. The standard InChI is InChI=1S/C38H48N4/c1-5-39(6-2)27-15-13-19-33-25-31-41(37-23-11-9-21-35(33)37)29-17-18-30-42-32-26-34(36-22-10-12-24-38(36)42)20-14-16-28-40(7-3)8-4/h9-16,19-28,31-32H,5-8,17-18,29-30H2,1-4H3/q+2. The largest absolute Gasteiger partial charge is 0.378 e. The molecule has 4 aromatic rings. The van der Waals surface area contributed by atoms with Crippen molar-refractivity contribution in [2.75, 3.05) is 26.2 Å². The van der Waals surface area contributed by atoms with Gasteiger partial charge in [-0.1, -0.05) is 48.6 Å². The van der Waals surface area contributed by atoms with E-state index in [0.29, 0.717) is 0 Å². The highest BCUT2D eigenvalue weighted by atomic mass is 15.1. The first-order chi connectivity index (χ1) is 20.7. The van der Waals surface area contributed by atoms with Gasteiger partial charge in [-0.15, -0.1) is 0 Å². The maximum atomic E-state index is 2.40. The first-order valence-corrected chi connectivity index (χ1v) is 15.7. The van der Waals surface area contributed by atoms with Gasteiger partial charge in [-0.05, 0) is 75.5 Å². The van der Waals surface area contributed by atoms with E-state index in [4.69, 9.17) is 0 Å². The Morgan fingerprint density at radius 1 is 0.524 bits per heavy atom. The molecule has 4 heteroatoms. The lowest BCUT2D eigenvalue weighted by Crippen LogP contribution is -2.37. The molecule has 0 aliphatic heterocycles. The Balaban J connectivity index is 1.41. The summed E-state index contributed by atoms with van der Waals surface area (Å²) >= 11 is 0. The Kier molecular flexibility index (Phi) is 11.9. The summed E-state index contributed by atoms with van der Waals surface area (Å²) in [6, 6.07) is 22.0. The molecule has 0 aliphatic carbocycles. The van der Waals surface area contributed by atoms with E-state index in [-0.39, 0.29) is 0 Å². The van der Waals surface area contributed by atoms with Gasteiger partial charge in [-0.2, -0.15) is 9.13 Å². The van der Waals surface area contributed by atoms with Crippen LogP contribution in [-0.2, 0) is 13.1 Å². The summed E-state index contributed by atoms with van der Waals surface area (Å²) in [7, 11) is 0. The van der Waals surface area contributed by atoms with E-state index in [1.54, 1.807) is 0 Å². The van der Waals surface area contributed by atoms with Crippen LogP contribution >= 0.6 is 0 Å². The molecule has 0 fully saturated rings. The molecule has 2 aromatic carbocycles. The molecule has 2 aromatic heterocycles. The molecule has 4 rings (SSSR count). The molecular formula is C38H48N4+2. The summed E-state index contributed by atoms with van der Waals surface area (Å²) in [4.78, 5) is 4.59. The number of hydrogen-bond donors (Lipinski definition) is 0. The van der Waals surface area contributed by atoms with Gasteiger partial charge in [-0.3, -0.25) is 0 Å². The number of unbranched alkanes of at least 4 members (excludes halogenated alkanes) is 1. The molecule has 0 atom stereocenters. The molecule has 218 valence electrons. The lowest BCUT2D eigenvalue weighted by molar-refractivity contribution is -0.683. The Morgan fingerprint density at radius 2 is 0.929 bits per heavy atom. The monoisotopic (exact) mass is 560 g/mol. The van der Waals surface area contributed by atoms with Crippen molar-refractivity contribution in [3.63, 3.8) is 0 Å². The zero-order chi connectivity index (χ0) is 29.6. The fourth-order valence-electron chi connectivity index (χ4n) is 5.39. The lowest BCUT2D eigenvalue weighted by Gasteiger charge is -2.13. The number of allylic oxidation sites excluding steroid dienone is 4. The minimum Gasteiger partial charge on any atom is -0.378 e. The van der Waals surface area contributed by atoms with Gasteiger partial charge in [0.05, 0.1) is 10.8 Å². The Bertz CT molecular complexity index is 1420. The topological polar surface area (TPSA) is 14.2 Å². The molecule has 0 aliphatic rings. The maximum Gasteiger partial charge on any atom is 0.213 e. The summed E-state index contributed by atoms with van der Waals surface area (Å²) in [5, 5.41) is 2.59. The second-order valence-corrected chi connectivity index (χ2v) is 10.5. The molecule has 4 nitrogen and oxygen atoms in total. The number of para-hydroxylation sites is 2. The Hall–Kier alpha value is -4.18. The van der Waals surface area contributed by atoms with Crippen LogP contribution in [-0.4, -0.2) is 36.0 Å². The molecule has 0 radical (unpaired) electrons. The second-order valence-electron chi connectivity index (χ2n) is 10.5. The number of nitrogens with zero attached hydrogens (tertiary/aromatic N) is 4. The van der Waals surface area contributed by atoms with E-state index >= 15 is 0 Å². The van der Waals surface area contributed by atoms with Crippen LogP contribution in [0.4, 0.5) is 0 Å². The van der Waals surface area contributed by atoms with Crippen LogP contribution in [0, 0.1) is 0 Å². The van der Waals surface area contributed by atoms with Crippen molar-refractivity contribution >= 4 is 34.0 Å². The van der Waals surface area contributed by atoms with Crippen LogP contribution < -0.4 is 9.13 Å². The number of rotatable bonds is 15. The number of hydrogen-bond acceptors (Lipinski definition) is 2. The predicted octanol–water partition coefficient (Wildman–Crippen LogP) is 7.79. The molecule has 0 bridgehead atoms. The molecule has 0 unspecified atom stereocenters. The summed E-state index contributed by atoms with van der Waals surface area (Å²) in [6.07, 6.45) is 24.1. The zero-order valence-electron chi connectivity index (χ0n) is 26.0. The SMILES string of the molecule is CCN(C=CC=Cc1cc[n+](CCCC[n+]2ccc(C=CC=CN(CC)CC)c3ccccc32)c2ccccc12)CC. The molecule has 0 saturated heterocycles.